The molecule has 35 heavy (non-hydrogen) atoms. The Labute approximate surface area is 198 Å². The largest absolute Gasteiger partial charge is 0.432 e. The van der Waals surface area contributed by atoms with E-state index in [1.54, 1.807) is 6.07 Å². The molecule has 0 aromatic heterocycles. The van der Waals surface area contributed by atoms with Gasteiger partial charge in [0, 0.05) is 5.56 Å². The molecule has 180 valence electrons. The molecule has 0 N–H and O–H groups in total. The smallest absolute Gasteiger partial charge is 0.429 e. The molecule has 0 aliphatic carbocycles. The molecular weight excluding hydrogens is 466 g/mol. The van der Waals surface area contributed by atoms with Crippen molar-refractivity contribution in [3.63, 3.8) is 0 Å². The quantitative estimate of drug-likeness (QED) is 0.238. The SMILES string of the molecule is CCCc1ccc(-c2ccc(-c3cc(F)c(C(F)(F)Oc4ccc(F)cc4)c(F)c3)c(F)c2)cc1. The van der Waals surface area contributed by atoms with Crippen LogP contribution in [0.3, 0.4) is 0 Å². The minimum Gasteiger partial charge on any atom is -0.429 e. The van der Waals surface area contributed by atoms with Crippen LogP contribution in [0.4, 0.5) is 26.3 Å². The van der Waals surface area contributed by atoms with E-state index in [-0.39, 0.29) is 11.1 Å². The summed E-state index contributed by atoms with van der Waals surface area (Å²) in [7, 11) is 0. The molecule has 7 heteroatoms. The van der Waals surface area contributed by atoms with Crippen molar-refractivity contribution in [3.8, 4) is 28.0 Å². The fraction of sp³-hybridized carbons (Fsp3) is 0.143. The summed E-state index contributed by atoms with van der Waals surface area (Å²) in [5.41, 5.74) is 0.452. The summed E-state index contributed by atoms with van der Waals surface area (Å²) in [6, 6.07) is 16.5. The van der Waals surface area contributed by atoms with Gasteiger partial charge in [0.15, 0.2) is 0 Å². The second-order valence-corrected chi connectivity index (χ2v) is 8.03. The molecule has 4 aromatic carbocycles. The average molecular weight is 486 g/mol. The Morgan fingerprint density at radius 1 is 0.657 bits per heavy atom. The third kappa shape index (κ3) is 5.34. The highest BCUT2D eigenvalue weighted by atomic mass is 19.3. The van der Waals surface area contributed by atoms with Gasteiger partial charge in [0.1, 0.15) is 34.6 Å². The molecule has 0 atom stereocenters. The topological polar surface area (TPSA) is 9.23 Å². The summed E-state index contributed by atoms with van der Waals surface area (Å²) < 4.78 is 90.6. The molecule has 0 heterocycles. The van der Waals surface area contributed by atoms with Crippen LogP contribution < -0.4 is 4.74 Å². The van der Waals surface area contributed by atoms with E-state index >= 15 is 0 Å². The van der Waals surface area contributed by atoms with Crippen LogP contribution in [-0.2, 0) is 12.5 Å². The van der Waals surface area contributed by atoms with Gasteiger partial charge in [-0.15, -0.1) is 0 Å². The fourth-order valence-corrected chi connectivity index (χ4v) is 3.79. The van der Waals surface area contributed by atoms with Gasteiger partial charge in [0.25, 0.3) is 0 Å². The predicted octanol–water partition coefficient (Wildman–Crippen LogP) is 8.66. The molecule has 0 radical (unpaired) electrons. The lowest BCUT2D eigenvalue weighted by atomic mass is 9.97. The Kier molecular flexibility index (Phi) is 6.87. The Bertz CT molecular complexity index is 1310. The molecule has 0 fully saturated rings. The zero-order chi connectivity index (χ0) is 25.2. The van der Waals surface area contributed by atoms with Crippen LogP contribution in [0.1, 0.15) is 24.5 Å². The summed E-state index contributed by atoms with van der Waals surface area (Å²) in [6.07, 6.45) is -2.47. The van der Waals surface area contributed by atoms with E-state index < -0.39 is 40.7 Å². The van der Waals surface area contributed by atoms with Gasteiger partial charge >= 0.3 is 6.11 Å². The van der Waals surface area contributed by atoms with Gasteiger partial charge in [-0.1, -0.05) is 49.7 Å². The normalized spacial score (nSPS) is 11.5. The minimum atomic E-state index is -4.39. The summed E-state index contributed by atoms with van der Waals surface area (Å²) in [4.78, 5) is 0. The number of alkyl halides is 2. The minimum absolute atomic E-state index is 0.150. The first-order valence-electron chi connectivity index (χ1n) is 10.9. The van der Waals surface area contributed by atoms with Crippen LogP contribution in [-0.4, -0.2) is 0 Å². The molecule has 0 bridgehead atoms. The third-order valence-electron chi connectivity index (χ3n) is 5.50. The highest BCUT2D eigenvalue weighted by Crippen LogP contribution is 2.38. The Morgan fingerprint density at radius 3 is 1.80 bits per heavy atom. The van der Waals surface area contributed by atoms with Gasteiger partial charge in [-0.25, -0.2) is 17.6 Å². The van der Waals surface area contributed by atoms with Crippen LogP contribution in [0.2, 0.25) is 0 Å². The van der Waals surface area contributed by atoms with E-state index in [0.29, 0.717) is 17.7 Å². The molecule has 0 saturated heterocycles. The Morgan fingerprint density at radius 2 is 1.23 bits per heavy atom. The van der Waals surface area contributed by atoms with Crippen molar-refractivity contribution in [2.75, 3.05) is 0 Å². The van der Waals surface area contributed by atoms with Crippen molar-refractivity contribution < 1.29 is 31.1 Å². The lowest BCUT2D eigenvalue weighted by Gasteiger charge is -2.20. The van der Waals surface area contributed by atoms with Crippen molar-refractivity contribution >= 4 is 0 Å². The first-order chi connectivity index (χ1) is 16.7. The van der Waals surface area contributed by atoms with Gasteiger partial charge in [0.2, 0.25) is 0 Å². The molecule has 0 aliphatic rings. The second kappa shape index (κ2) is 9.86. The third-order valence-corrected chi connectivity index (χ3v) is 5.50. The number of halogens is 6. The van der Waals surface area contributed by atoms with Crippen LogP contribution in [0, 0.1) is 23.3 Å². The molecule has 0 amide bonds. The highest BCUT2D eigenvalue weighted by molar-refractivity contribution is 5.71. The highest BCUT2D eigenvalue weighted by Gasteiger charge is 2.41. The molecule has 1 nitrogen and oxygen atoms in total. The van der Waals surface area contributed by atoms with Crippen molar-refractivity contribution in [3.05, 3.63) is 113 Å². The zero-order valence-corrected chi connectivity index (χ0v) is 18.6. The number of ether oxygens (including phenoxy) is 1. The Hall–Kier alpha value is -3.74. The molecular formula is C28H20F6O. The maximum Gasteiger partial charge on any atom is 0.432 e. The molecule has 0 saturated carbocycles. The average Bonchev–Trinajstić information content (AvgIpc) is 2.80. The molecule has 0 aliphatic heterocycles. The van der Waals surface area contributed by atoms with Crippen molar-refractivity contribution in [2.24, 2.45) is 0 Å². The van der Waals surface area contributed by atoms with Gasteiger partial charge in [0.05, 0.1) is 0 Å². The summed E-state index contributed by atoms with van der Waals surface area (Å²) in [5.74, 6) is -5.15. The first-order valence-corrected chi connectivity index (χ1v) is 10.9. The van der Waals surface area contributed by atoms with Gasteiger partial charge in [-0.05, 0) is 71.1 Å². The van der Waals surface area contributed by atoms with E-state index in [2.05, 4.69) is 11.7 Å². The van der Waals surface area contributed by atoms with Crippen molar-refractivity contribution in [1.29, 1.82) is 0 Å². The van der Waals surface area contributed by atoms with Crippen molar-refractivity contribution in [1.82, 2.24) is 0 Å². The predicted molar refractivity (Wildman–Crippen MR) is 122 cm³/mol. The number of hydrogen-bond acceptors (Lipinski definition) is 1. The van der Waals surface area contributed by atoms with Crippen LogP contribution in [0.15, 0.2) is 78.9 Å². The first kappa shape index (κ1) is 24.4. The van der Waals surface area contributed by atoms with E-state index in [1.807, 2.05) is 24.3 Å². The molecule has 0 unspecified atom stereocenters. The summed E-state index contributed by atoms with van der Waals surface area (Å²) >= 11 is 0. The van der Waals surface area contributed by atoms with E-state index in [0.717, 1.165) is 48.2 Å². The van der Waals surface area contributed by atoms with Crippen LogP contribution in [0.25, 0.3) is 22.3 Å². The van der Waals surface area contributed by atoms with Gasteiger partial charge in [-0.3, -0.25) is 0 Å². The van der Waals surface area contributed by atoms with Crippen molar-refractivity contribution in [2.45, 2.75) is 25.9 Å². The zero-order valence-electron chi connectivity index (χ0n) is 18.6. The number of rotatable bonds is 7. The van der Waals surface area contributed by atoms with E-state index in [1.165, 1.54) is 12.1 Å². The Balaban J connectivity index is 1.63. The number of aryl methyl sites for hydroxylation is 1. The van der Waals surface area contributed by atoms with Gasteiger partial charge in [-0.2, -0.15) is 8.78 Å². The fourth-order valence-electron chi connectivity index (χ4n) is 3.79. The standard InChI is InChI=1S/C28H20F6O/c1-2-3-17-4-6-18(7-5-17)19-8-13-23(24(30)14-19)20-15-25(31)27(26(32)16-20)28(33,34)35-22-11-9-21(29)10-12-22/h4-16H,2-3H2,1H3. The monoisotopic (exact) mass is 486 g/mol. The number of hydrogen-bond donors (Lipinski definition) is 0. The molecule has 0 spiro atoms. The molecule has 4 rings (SSSR count). The van der Waals surface area contributed by atoms with E-state index in [9.17, 15) is 26.3 Å². The summed E-state index contributed by atoms with van der Waals surface area (Å²) in [5, 5.41) is 0. The maximum absolute atomic E-state index is 14.9. The van der Waals surface area contributed by atoms with Crippen LogP contribution >= 0.6 is 0 Å². The van der Waals surface area contributed by atoms with E-state index in [4.69, 9.17) is 0 Å². The summed E-state index contributed by atoms with van der Waals surface area (Å²) in [6.45, 7) is 2.07. The maximum atomic E-state index is 14.9. The second-order valence-electron chi connectivity index (χ2n) is 8.03. The van der Waals surface area contributed by atoms with Gasteiger partial charge < -0.3 is 4.74 Å². The van der Waals surface area contributed by atoms with Crippen LogP contribution in [0.5, 0.6) is 5.75 Å². The number of benzene rings is 4. The lowest BCUT2D eigenvalue weighted by molar-refractivity contribution is -0.189. The lowest BCUT2D eigenvalue weighted by Crippen LogP contribution is -2.25. The molecule has 4 aromatic rings.